The molecule has 2 rings (SSSR count). The van der Waals surface area contributed by atoms with Gasteiger partial charge in [0, 0.05) is 12.8 Å². The summed E-state index contributed by atoms with van der Waals surface area (Å²) in [5.74, 6) is 0.814. The van der Waals surface area contributed by atoms with Gasteiger partial charge in [-0.15, -0.1) is 0 Å². The van der Waals surface area contributed by atoms with E-state index >= 15 is 0 Å². The highest BCUT2D eigenvalue weighted by atomic mass is 16.5. The molecule has 0 aliphatic carbocycles. The predicted molar refractivity (Wildman–Crippen MR) is 65.8 cm³/mol. The molecule has 0 spiro atoms. The molecule has 0 aliphatic heterocycles. The van der Waals surface area contributed by atoms with Gasteiger partial charge in [-0.1, -0.05) is 13.0 Å². The predicted octanol–water partition coefficient (Wildman–Crippen LogP) is 2.23. The molecule has 0 radical (unpaired) electrons. The third-order valence-corrected chi connectivity index (χ3v) is 2.78. The van der Waals surface area contributed by atoms with Crippen LogP contribution in [-0.4, -0.2) is 23.0 Å². The zero-order valence-electron chi connectivity index (χ0n) is 10.1. The Kier molecular flexibility index (Phi) is 3.42. The molecule has 1 aromatic heterocycles. The first-order valence-electron chi connectivity index (χ1n) is 5.77. The van der Waals surface area contributed by atoms with Crippen molar-refractivity contribution in [1.82, 2.24) is 9.97 Å². The Labute approximate surface area is 100 Å². The number of nitrogens with zero attached hydrogens (tertiary/aromatic N) is 1. The molecule has 0 atom stereocenters. The van der Waals surface area contributed by atoms with Gasteiger partial charge in [0.15, 0.2) is 0 Å². The second-order valence-corrected chi connectivity index (χ2v) is 3.96. The smallest absolute Gasteiger partial charge is 0.305 e. The van der Waals surface area contributed by atoms with E-state index in [0.29, 0.717) is 12.8 Å². The molecule has 0 saturated carbocycles. The average molecular weight is 232 g/mol. The van der Waals surface area contributed by atoms with Gasteiger partial charge in [0.2, 0.25) is 0 Å². The van der Waals surface area contributed by atoms with Crippen LogP contribution >= 0.6 is 0 Å². The molecule has 4 heteroatoms. The second kappa shape index (κ2) is 4.99. The first-order valence-corrected chi connectivity index (χ1v) is 5.77. The van der Waals surface area contributed by atoms with Crippen molar-refractivity contribution in [3.8, 4) is 0 Å². The standard InChI is InChI=1S/C13H16N2O2/c1-3-12-14-10-6-4-9(8-11(10)15-12)5-7-13(16)17-2/h4,6,8H,3,5,7H2,1-2H3,(H,14,15). The number of methoxy groups -OCH3 is 1. The fourth-order valence-electron chi connectivity index (χ4n) is 1.78. The van der Waals surface area contributed by atoms with E-state index in [1.54, 1.807) is 0 Å². The monoisotopic (exact) mass is 232 g/mol. The van der Waals surface area contributed by atoms with E-state index in [4.69, 9.17) is 0 Å². The van der Waals surface area contributed by atoms with Crippen LogP contribution in [0, 0.1) is 0 Å². The van der Waals surface area contributed by atoms with Gasteiger partial charge in [-0.3, -0.25) is 4.79 Å². The van der Waals surface area contributed by atoms with Crippen LogP contribution in [0.1, 0.15) is 24.7 Å². The van der Waals surface area contributed by atoms with Crippen molar-refractivity contribution >= 4 is 17.0 Å². The summed E-state index contributed by atoms with van der Waals surface area (Å²) in [6.45, 7) is 2.07. The number of aromatic nitrogens is 2. The minimum atomic E-state index is -0.177. The number of nitrogens with one attached hydrogen (secondary N) is 1. The van der Waals surface area contributed by atoms with Crippen molar-refractivity contribution in [2.75, 3.05) is 7.11 Å². The van der Waals surface area contributed by atoms with Crippen LogP contribution in [-0.2, 0) is 22.4 Å². The molecular formula is C13H16N2O2. The Morgan fingerprint density at radius 2 is 2.29 bits per heavy atom. The Bertz CT molecular complexity index is 531. The van der Waals surface area contributed by atoms with E-state index in [-0.39, 0.29) is 5.97 Å². The highest BCUT2D eigenvalue weighted by Crippen LogP contribution is 2.15. The third kappa shape index (κ3) is 2.64. The molecule has 0 bridgehead atoms. The number of hydrogen-bond donors (Lipinski definition) is 1. The van der Waals surface area contributed by atoms with Crippen LogP contribution in [0.15, 0.2) is 18.2 Å². The number of fused-ring (bicyclic) bond motifs is 1. The van der Waals surface area contributed by atoms with Gasteiger partial charge in [0.05, 0.1) is 18.1 Å². The van der Waals surface area contributed by atoms with Gasteiger partial charge in [-0.25, -0.2) is 4.98 Å². The van der Waals surface area contributed by atoms with E-state index in [2.05, 4.69) is 21.6 Å². The number of esters is 1. The molecule has 1 heterocycles. The summed E-state index contributed by atoms with van der Waals surface area (Å²) < 4.78 is 4.62. The number of H-pyrrole nitrogens is 1. The van der Waals surface area contributed by atoms with Crippen LogP contribution in [0.2, 0.25) is 0 Å². The number of hydrogen-bond acceptors (Lipinski definition) is 3. The Balaban J connectivity index is 2.16. The van der Waals surface area contributed by atoms with Gasteiger partial charge < -0.3 is 9.72 Å². The Hall–Kier alpha value is -1.84. The molecule has 4 nitrogen and oxygen atoms in total. The van der Waals surface area contributed by atoms with Crippen molar-refractivity contribution in [2.24, 2.45) is 0 Å². The minimum absolute atomic E-state index is 0.177. The van der Waals surface area contributed by atoms with E-state index < -0.39 is 0 Å². The third-order valence-electron chi connectivity index (χ3n) is 2.78. The van der Waals surface area contributed by atoms with Crippen LogP contribution < -0.4 is 0 Å². The van der Waals surface area contributed by atoms with E-state index in [1.807, 2.05) is 18.2 Å². The van der Waals surface area contributed by atoms with Gasteiger partial charge in [-0.05, 0) is 24.1 Å². The maximum absolute atomic E-state index is 11.1. The van der Waals surface area contributed by atoms with Gasteiger partial charge in [-0.2, -0.15) is 0 Å². The van der Waals surface area contributed by atoms with E-state index in [9.17, 15) is 4.79 Å². The van der Waals surface area contributed by atoms with Crippen molar-refractivity contribution in [1.29, 1.82) is 0 Å². The Morgan fingerprint density at radius 1 is 1.47 bits per heavy atom. The number of carbonyl (C=O) groups is 1. The molecule has 90 valence electrons. The molecule has 1 N–H and O–H groups in total. The zero-order chi connectivity index (χ0) is 12.3. The lowest BCUT2D eigenvalue weighted by molar-refractivity contribution is -0.140. The van der Waals surface area contributed by atoms with Crippen molar-refractivity contribution < 1.29 is 9.53 Å². The molecule has 0 fully saturated rings. The first kappa shape index (κ1) is 11.6. The van der Waals surface area contributed by atoms with E-state index in [1.165, 1.54) is 7.11 Å². The van der Waals surface area contributed by atoms with Crippen molar-refractivity contribution in [3.05, 3.63) is 29.6 Å². The van der Waals surface area contributed by atoms with Gasteiger partial charge in [0.25, 0.3) is 0 Å². The van der Waals surface area contributed by atoms with Gasteiger partial charge >= 0.3 is 5.97 Å². The molecule has 2 aromatic rings. The summed E-state index contributed by atoms with van der Waals surface area (Å²) in [4.78, 5) is 18.8. The molecule has 17 heavy (non-hydrogen) atoms. The van der Waals surface area contributed by atoms with Crippen molar-refractivity contribution in [2.45, 2.75) is 26.2 Å². The number of aryl methyl sites for hydroxylation is 2. The summed E-state index contributed by atoms with van der Waals surface area (Å²) in [6.07, 6.45) is 2.01. The molecule has 0 unspecified atom stereocenters. The summed E-state index contributed by atoms with van der Waals surface area (Å²) in [6, 6.07) is 6.04. The van der Waals surface area contributed by atoms with Crippen LogP contribution in [0.5, 0.6) is 0 Å². The summed E-state index contributed by atoms with van der Waals surface area (Å²) >= 11 is 0. The number of ether oxygens (including phenoxy) is 1. The molecular weight excluding hydrogens is 216 g/mol. The SMILES string of the molecule is CCc1nc2ccc(CCC(=O)OC)cc2[nH]1. The lowest BCUT2D eigenvalue weighted by Crippen LogP contribution is -2.01. The number of benzene rings is 1. The average Bonchev–Trinajstić information content (AvgIpc) is 2.77. The second-order valence-electron chi connectivity index (χ2n) is 3.96. The summed E-state index contributed by atoms with van der Waals surface area (Å²) in [5.41, 5.74) is 3.13. The Morgan fingerprint density at radius 3 is 3.00 bits per heavy atom. The molecule has 0 saturated heterocycles. The highest BCUT2D eigenvalue weighted by Gasteiger charge is 2.04. The lowest BCUT2D eigenvalue weighted by atomic mass is 10.1. The summed E-state index contributed by atoms with van der Waals surface area (Å²) in [7, 11) is 1.41. The molecule has 1 aromatic carbocycles. The fraction of sp³-hybridized carbons (Fsp3) is 0.385. The van der Waals surface area contributed by atoms with Crippen molar-refractivity contribution in [3.63, 3.8) is 0 Å². The first-order chi connectivity index (χ1) is 8.22. The normalized spacial score (nSPS) is 10.7. The van der Waals surface area contributed by atoms with Crippen LogP contribution in [0.25, 0.3) is 11.0 Å². The van der Waals surface area contributed by atoms with Gasteiger partial charge in [0.1, 0.15) is 5.82 Å². The topological polar surface area (TPSA) is 55.0 Å². The van der Waals surface area contributed by atoms with Crippen LogP contribution in [0.4, 0.5) is 0 Å². The maximum atomic E-state index is 11.1. The zero-order valence-corrected chi connectivity index (χ0v) is 10.1. The molecule has 0 amide bonds. The van der Waals surface area contributed by atoms with Crippen LogP contribution in [0.3, 0.4) is 0 Å². The fourth-order valence-corrected chi connectivity index (χ4v) is 1.78. The largest absolute Gasteiger partial charge is 0.469 e. The lowest BCUT2D eigenvalue weighted by Gasteiger charge is -2.00. The number of imidazole rings is 1. The molecule has 0 aliphatic rings. The maximum Gasteiger partial charge on any atom is 0.305 e. The van der Waals surface area contributed by atoms with E-state index in [0.717, 1.165) is 28.8 Å². The minimum Gasteiger partial charge on any atom is -0.469 e. The number of carbonyl (C=O) groups excluding carboxylic acids is 1. The summed E-state index contributed by atoms with van der Waals surface area (Å²) in [5, 5.41) is 0. The number of rotatable bonds is 4. The quantitative estimate of drug-likeness (QED) is 0.822. The number of aromatic amines is 1. The highest BCUT2D eigenvalue weighted by molar-refractivity contribution is 5.76.